The summed E-state index contributed by atoms with van der Waals surface area (Å²) in [5, 5.41) is 2.88. The van der Waals surface area contributed by atoms with Gasteiger partial charge in [0.25, 0.3) is 0 Å². The molecule has 7 heteroatoms. The van der Waals surface area contributed by atoms with Crippen LogP contribution in [0, 0.1) is 5.95 Å². The molecule has 0 unspecified atom stereocenters. The van der Waals surface area contributed by atoms with E-state index in [1.165, 1.54) is 12.3 Å². The number of para-hydroxylation sites is 2. The van der Waals surface area contributed by atoms with Crippen LogP contribution in [0.3, 0.4) is 0 Å². The van der Waals surface area contributed by atoms with Gasteiger partial charge < -0.3 is 15.0 Å². The standard InChI is InChI=1S/C18H21FN4O2/c1-25-16-5-3-2-4-15(16)21-18(24)13-22-8-10-23(11-9-22)14-6-7-20-17(19)12-14/h2-7,12H,8-11,13H2,1H3,(H,21,24). The topological polar surface area (TPSA) is 57.7 Å². The van der Waals surface area contributed by atoms with E-state index in [1.807, 2.05) is 24.3 Å². The molecule has 2 heterocycles. The summed E-state index contributed by atoms with van der Waals surface area (Å²) in [7, 11) is 1.58. The fourth-order valence-electron chi connectivity index (χ4n) is 2.89. The monoisotopic (exact) mass is 344 g/mol. The number of hydrogen-bond donors (Lipinski definition) is 1. The molecule has 0 spiro atoms. The fourth-order valence-corrected chi connectivity index (χ4v) is 2.89. The molecule has 0 aliphatic carbocycles. The molecule has 1 aromatic heterocycles. The van der Waals surface area contributed by atoms with Gasteiger partial charge in [-0.2, -0.15) is 4.39 Å². The number of hydrogen-bond acceptors (Lipinski definition) is 5. The quantitative estimate of drug-likeness (QED) is 0.841. The number of halogens is 1. The molecule has 1 aliphatic heterocycles. The minimum atomic E-state index is -0.476. The highest BCUT2D eigenvalue weighted by Crippen LogP contribution is 2.23. The van der Waals surface area contributed by atoms with E-state index in [2.05, 4.69) is 20.1 Å². The lowest BCUT2D eigenvalue weighted by atomic mass is 10.2. The van der Waals surface area contributed by atoms with Gasteiger partial charge in [0.2, 0.25) is 11.9 Å². The summed E-state index contributed by atoms with van der Waals surface area (Å²) in [4.78, 5) is 20.0. The molecular formula is C18H21FN4O2. The van der Waals surface area contributed by atoms with Gasteiger partial charge >= 0.3 is 0 Å². The second-order valence-electron chi connectivity index (χ2n) is 5.85. The van der Waals surface area contributed by atoms with Crippen LogP contribution in [0.15, 0.2) is 42.6 Å². The van der Waals surface area contributed by atoms with Crippen LogP contribution in [0.25, 0.3) is 0 Å². The number of nitrogens with one attached hydrogen (secondary N) is 1. The van der Waals surface area contributed by atoms with Gasteiger partial charge in [-0.1, -0.05) is 12.1 Å². The van der Waals surface area contributed by atoms with Crippen molar-refractivity contribution in [2.24, 2.45) is 0 Å². The van der Waals surface area contributed by atoms with E-state index in [9.17, 15) is 9.18 Å². The summed E-state index contributed by atoms with van der Waals surface area (Å²) >= 11 is 0. The van der Waals surface area contributed by atoms with E-state index < -0.39 is 5.95 Å². The van der Waals surface area contributed by atoms with Crippen molar-refractivity contribution in [1.82, 2.24) is 9.88 Å². The lowest BCUT2D eigenvalue weighted by molar-refractivity contribution is -0.117. The Morgan fingerprint density at radius 3 is 2.72 bits per heavy atom. The van der Waals surface area contributed by atoms with Gasteiger partial charge in [-0.15, -0.1) is 0 Å². The molecule has 1 aromatic carbocycles. The summed E-state index contributed by atoms with van der Waals surface area (Å²) in [6.07, 6.45) is 1.47. The van der Waals surface area contributed by atoms with Crippen molar-refractivity contribution in [3.05, 3.63) is 48.5 Å². The van der Waals surface area contributed by atoms with Crippen LogP contribution in [0.5, 0.6) is 5.75 Å². The van der Waals surface area contributed by atoms with E-state index in [0.29, 0.717) is 18.0 Å². The van der Waals surface area contributed by atoms with Crippen molar-refractivity contribution in [3.63, 3.8) is 0 Å². The minimum absolute atomic E-state index is 0.0760. The maximum absolute atomic E-state index is 13.2. The number of nitrogens with zero attached hydrogens (tertiary/aromatic N) is 3. The number of ether oxygens (including phenoxy) is 1. The summed E-state index contributed by atoms with van der Waals surface area (Å²) in [6, 6.07) is 10.6. The Morgan fingerprint density at radius 1 is 1.24 bits per heavy atom. The van der Waals surface area contributed by atoms with Gasteiger partial charge in [0, 0.05) is 44.1 Å². The number of rotatable bonds is 5. The Labute approximate surface area is 146 Å². The summed E-state index contributed by atoms with van der Waals surface area (Å²) in [6.45, 7) is 3.28. The molecule has 1 amide bonds. The second kappa shape index (κ2) is 7.94. The molecule has 25 heavy (non-hydrogen) atoms. The van der Waals surface area contributed by atoms with Crippen LogP contribution in [0.2, 0.25) is 0 Å². The smallest absolute Gasteiger partial charge is 0.238 e. The third-order valence-corrected chi connectivity index (χ3v) is 4.20. The van der Waals surface area contributed by atoms with E-state index in [1.54, 1.807) is 13.2 Å². The summed E-state index contributed by atoms with van der Waals surface area (Å²) in [5.41, 5.74) is 1.49. The Hall–Kier alpha value is -2.67. The lowest BCUT2D eigenvalue weighted by Crippen LogP contribution is -2.48. The first-order chi connectivity index (χ1) is 12.2. The number of amides is 1. The molecule has 2 aromatic rings. The molecule has 132 valence electrons. The maximum Gasteiger partial charge on any atom is 0.238 e. The molecule has 0 bridgehead atoms. The predicted octanol–water partition coefficient (Wildman–Crippen LogP) is 1.99. The molecule has 1 aliphatic rings. The zero-order valence-corrected chi connectivity index (χ0v) is 14.1. The number of anilines is 2. The SMILES string of the molecule is COc1ccccc1NC(=O)CN1CCN(c2ccnc(F)c2)CC1. The molecule has 0 radical (unpaired) electrons. The Bertz CT molecular complexity index is 733. The molecule has 1 fully saturated rings. The van der Waals surface area contributed by atoms with E-state index in [-0.39, 0.29) is 5.91 Å². The lowest BCUT2D eigenvalue weighted by Gasteiger charge is -2.35. The minimum Gasteiger partial charge on any atom is -0.495 e. The number of aromatic nitrogens is 1. The molecular weight excluding hydrogens is 323 g/mol. The van der Waals surface area contributed by atoms with E-state index in [4.69, 9.17) is 4.74 Å². The zero-order valence-electron chi connectivity index (χ0n) is 14.1. The Balaban J connectivity index is 1.51. The molecule has 1 saturated heterocycles. The van der Waals surface area contributed by atoms with Crippen LogP contribution in [0.4, 0.5) is 15.8 Å². The molecule has 1 N–H and O–H groups in total. The number of methoxy groups -OCH3 is 1. The largest absolute Gasteiger partial charge is 0.495 e. The van der Waals surface area contributed by atoms with Crippen LogP contribution in [-0.4, -0.2) is 55.6 Å². The van der Waals surface area contributed by atoms with E-state index >= 15 is 0 Å². The molecule has 0 atom stereocenters. The number of carbonyl (C=O) groups excluding carboxylic acids is 1. The highest BCUT2D eigenvalue weighted by atomic mass is 19.1. The van der Waals surface area contributed by atoms with Crippen LogP contribution in [0.1, 0.15) is 0 Å². The van der Waals surface area contributed by atoms with Crippen molar-refractivity contribution in [1.29, 1.82) is 0 Å². The number of piperazine rings is 1. The van der Waals surface area contributed by atoms with Gasteiger partial charge in [-0.25, -0.2) is 4.98 Å². The normalized spacial score (nSPS) is 15.0. The number of carbonyl (C=O) groups is 1. The predicted molar refractivity (Wildman–Crippen MR) is 94.5 cm³/mol. The maximum atomic E-state index is 13.2. The first-order valence-electron chi connectivity index (χ1n) is 8.17. The van der Waals surface area contributed by atoms with Gasteiger partial charge in [0.05, 0.1) is 19.3 Å². The Morgan fingerprint density at radius 2 is 2.00 bits per heavy atom. The fraction of sp³-hybridized carbons (Fsp3) is 0.333. The third kappa shape index (κ3) is 4.45. The third-order valence-electron chi connectivity index (χ3n) is 4.20. The van der Waals surface area contributed by atoms with Gasteiger partial charge in [0.15, 0.2) is 0 Å². The first kappa shape index (κ1) is 17.2. The number of pyridine rings is 1. The molecule has 3 rings (SSSR count). The van der Waals surface area contributed by atoms with Crippen molar-refractivity contribution >= 4 is 17.3 Å². The van der Waals surface area contributed by atoms with Crippen molar-refractivity contribution < 1.29 is 13.9 Å². The number of benzene rings is 1. The second-order valence-corrected chi connectivity index (χ2v) is 5.85. The van der Waals surface area contributed by atoms with Gasteiger partial charge in [-0.3, -0.25) is 9.69 Å². The Kier molecular flexibility index (Phi) is 5.45. The molecule has 0 saturated carbocycles. The van der Waals surface area contributed by atoms with Crippen molar-refractivity contribution in [3.8, 4) is 5.75 Å². The van der Waals surface area contributed by atoms with Crippen molar-refractivity contribution in [2.75, 3.05) is 50.1 Å². The van der Waals surface area contributed by atoms with Gasteiger partial charge in [-0.05, 0) is 18.2 Å². The highest BCUT2D eigenvalue weighted by molar-refractivity contribution is 5.93. The summed E-state index contributed by atoms with van der Waals surface area (Å²) in [5.74, 6) is 0.0874. The molecule has 6 nitrogen and oxygen atoms in total. The van der Waals surface area contributed by atoms with Crippen LogP contribution in [-0.2, 0) is 4.79 Å². The summed E-state index contributed by atoms with van der Waals surface area (Å²) < 4.78 is 18.5. The average Bonchev–Trinajstić information content (AvgIpc) is 2.63. The average molecular weight is 344 g/mol. The highest BCUT2D eigenvalue weighted by Gasteiger charge is 2.20. The van der Waals surface area contributed by atoms with Gasteiger partial charge in [0.1, 0.15) is 5.75 Å². The zero-order chi connectivity index (χ0) is 17.6. The van der Waals surface area contributed by atoms with Crippen LogP contribution < -0.4 is 15.0 Å². The first-order valence-corrected chi connectivity index (χ1v) is 8.17. The van der Waals surface area contributed by atoms with Crippen LogP contribution >= 0.6 is 0 Å². The van der Waals surface area contributed by atoms with Crippen molar-refractivity contribution in [2.45, 2.75) is 0 Å². The van der Waals surface area contributed by atoms with E-state index in [0.717, 1.165) is 31.9 Å².